The van der Waals surface area contributed by atoms with Crippen LogP contribution < -0.4 is 10.6 Å². The Morgan fingerprint density at radius 3 is 2.13 bits per heavy atom. The lowest BCUT2D eigenvalue weighted by molar-refractivity contribution is -0.134. The van der Waals surface area contributed by atoms with Gasteiger partial charge in [0.25, 0.3) is 0 Å². The van der Waals surface area contributed by atoms with Gasteiger partial charge in [-0.15, -0.1) is 0 Å². The molecule has 1 aromatic carbocycles. The summed E-state index contributed by atoms with van der Waals surface area (Å²) >= 11 is 0. The zero-order chi connectivity index (χ0) is 22.3. The van der Waals surface area contributed by atoms with E-state index in [1.165, 1.54) is 0 Å². The fraction of sp³-hybridized carbons (Fsp3) is 0.591. The normalized spacial score (nSPS) is 15.2. The van der Waals surface area contributed by atoms with Crippen LogP contribution in [0.5, 0.6) is 0 Å². The van der Waals surface area contributed by atoms with Crippen LogP contribution in [0.2, 0.25) is 0 Å². The number of aryl methyl sites for hydroxylation is 1. The highest BCUT2D eigenvalue weighted by molar-refractivity contribution is 5.92. The first-order valence-electron chi connectivity index (χ1n) is 10.4. The first-order valence-corrected chi connectivity index (χ1v) is 10.4. The molecular formula is C22H35N5O3. The van der Waals surface area contributed by atoms with Crippen molar-refractivity contribution in [1.82, 2.24) is 20.0 Å². The Morgan fingerprint density at radius 2 is 1.57 bits per heavy atom. The van der Waals surface area contributed by atoms with Gasteiger partial charge in [0.15, 0.2) is 0 Å². The lowest BCUT2D eigenvalue weighted by Crippen LogP contribution is -2.54. The molecule has 0 radical (unpaired) electrons. The quantitative estimate of drug-likeness (QED) is 0.689. The molecule has 1 saturated heterocycles. The molecular weight excluding hydrogens is 382 g/mol. The van der Waals surface area contributed by atoms with E-state index in [2.05, 4.69) is 15.5 Å². The molecule has 1 heterocycles. The molecule has 8 nitrogen and oxygen atoms in total. The molecule has 0 unspecified atom stereocenters. The number of piperazine rings is 1. The van der Waals surface area contributed by atoms with E-state index in [4.69, 9.17) is 0 Å². The molecule has 2 N–H and O–H groups in total. The van der Waals surface area contributed by atoms with Gasteiger partial charge in [-0.2, -0.15) is 0 Å². The molecule has 1 aromatic rings. The Bertz CT molecular complexity index is 734. The molecule has 1 aliphatic heterocycles. The van der Waals surface area contributed by atoms with E-state index >= 15 is 0 Å². The second-order valence-electron chi connectivity index (χ2n) is 9.04. The summed E-state index contributed by atoms with van der Waals surface area (Å²) in [6.07, 6.45) is 0. The van der Waals surface area contributed by atoms with Gasteiger partial charge in [0, 0.05) is 37.4 Å². The van der Waals surface area contributed by atoms with Crippen molar-refractivity contribution in [1.29, 1.82) is 0 Å². The second kappa shape index (κ2) is 10.5. The predicted octanol–water partition coefficient (Wildman–Crippen LogP) is 0.924. The highest BCUT2D eigenvalue weighted by Crippen LogP contribution is 2.09. The minimum absolute atomic E-state index is 0.000529. The molecule has 0 atom stereocenters. The van der Waals surface area contributed by atoms with Gasteiger partial charge in [0.2, 0.25) is 17.7 Å². The van der Waals surface area contributed by atoms with Crippen LogP contribution in [0.3, 0.4) is 0 Å². The van der Waals surface area contributed by atoms with Crippen LogP contribution in [0, 0.1) is 6.92 Å². The van der Waals surface area contributed by atoms with E-state index in [-0.39, 0.29) is 36.3 Å². The van der Waals surface area contributed by atoms with Crippen molar-refractivity contribution in [2.24, 2.45) is 0 Å². The lowest BCUT2D eigenvalue weighted by atomic mass is 10.1. The van der Waals surface area contributed by atoms with E-state index in [1.807, 2.05) is 52.0 Å². The summed E-state index contributed by atoms with van der Waals surface area (Å²) in [6, 6.07) is 7.60. The van der Waals surface area contributed by atoms with E-state index in [9.17, 15) is 14.4 Å². The third kappa shape index (κ3) is 8.51. The minimum Gasteiger partial charge on any atom is -0.350 e. The van der Waals surface area contributed by atoms with E-state index < -0.39 is 0 Å². The Kier molecular flexibility index (Phi) is 8.37. The Morgan fingerprint density at radius 1 is 0.967 bits per heavy atom. The maximum Gasteiger partial charge on any atom is 0.238 e. The van der Waals surface area contributed by atoms with Crippen LogP contribution in [0.15, 0.2) is 24.3 Å². The van der Waals surface area contributed by atoms with Crippen molar-refractivity contribution >= 4 is 23.4 Å². The van der Waals surface area contributed by atoms with Gasteiger partial charge in [-0.05, 0) is 46.9 Å². The van der Waals surface area contributed by atoms with Gasteiger partial charge in [-0.3, -0.25) is 24.2 Å². The fourth-order valence-electron chi connectivity index (χ4n) is 3.29. The molecule has 166 valence electrons. The van der Waals surface area contributed by atoms with Crippen LogP contribution in [0.4, 0.5) is 5.69 Å². The van der Waals surface area contributed by atoms with E-state index in [0.29, 0.717) is 32.7 Å². The molecule has 0 saturated carbocycles. The summed E-state index contributed by atoms with van der Waals surface area (Å²) in [7, 11) is 1.76. The number of benzene rings is 1. The predicted molar refractivity (Wildman–Crippen MR) is 118 cm³/mol. The summed E-state index contributed by atoms with van der Waals surface area (Å²) in [5.74, 6) is -0.148. The Labute approximate surface area is 179 Å². The number of carbonyl (C=O) groups excluding carboxylic acids is 3. The molecule has 0 aliphatic carbocycles. The average molecular weight is 418 g/mol. The maximum atomic E-state index is 12.6. The Hall–Kier alpha value is -2.45. The van der Waals surface area contributed by atoms with Gasteiger partial charge in [-0.1, -0.05) is 17.7 Å². The number of carbonyl (C=O) groups is 3. The molecule has 8 heteroatoms. The van der Waals surface area contributed by atoms with Crippen LogP contribution in [0.25, 0.3) is 0 Å². The summed E-state index contributed by atoms with van der Waals surface area (Å²) in [5.41, 5.74) is 1.63. The van der Waals surface area contributed by atoms with Crippen molar-refractivity contribution in [3.63, 3.8) is 0 Å². The number of anilines is 1. The van der Waals surface area contributed by atoms with Crippen LogP contribution in [-0.2, 0) is 14.4 Å². The second-order valence-corrected chi connectivity index (χ2v) is 9.04. The highest BCUT2D eigenvalue weighted by Gasteiger charge is 2.24. The van der Waals surface area contributed by atoms with Gasteiger partial charge in [0.05, 0.1) is 19.6 Å². The van der Waals surface area contributed by atoms with E-state index in [1.54, 1.807) is 16.8 Å². The zero-order valence-corrected chi connectivity index (χ0v) is 18.8. The SMILES string of the molecule is Cc1ccc(NC(=O)CN(C)CC(=O)N2CCN(CC(=O)NC(C)(C)C)CC2)cc1. The van der Waals surface area contributed by atoms with Crippen molar-refractivity contribution in [3.8, 4) is 0 Å². The summed E-state index contributed by atoms with van der Waals surface area (Å²) in [6.45, 7) is 11.1. The molecule has 1 fully saturated rings. The molecule has 1 aliphatic rings. The van der Waals surface area contributed by atoms with Gasteiger partial charge < -0.3 is 15.5 Å². The first-order chi connectivity index (χ1) is 14.0. The van der Waals surface area contributed by atoms with Crippen molar-refractivity contribution in [3.05, 3.63) is 29.8 Å². The van der Waals surface area contributed by atoms with Crippen molar-refractivity contribution < 1.29 is 14.4 Å². The van der Waals surface area contributed by atoms with Gasteiger partial charge >= 0.3 is 0 Å². The molecule has 0 bridgehead atoms. The summed E-state index contributed by atoms with van der Waals surface area (Å²) < 4.78 is 0. The van der Waals surface area contributed by atoms with Crippen LogP contribution in [0.1, 0.15) is 26.3 Å². The maximum absolute atomic E-state index is 12.6. The third-order valence-corrected chi connectivity index (χ3v) is 4.76. The molecule has 30 heavy (non-hydrogen) atoms. The minimum atomic E-state index is -0.245. The Balaban J connectivity index is 1.70. The number of hydrogen-bond donors (Lipinski definition) is 2. The van der Waals surface area contributed by atoms with Crippen LogP contribution in [-0.4, -0.2) is 90.8 Å². The monoisotopic (exact) mass is 417 g/mol. The summed E-state index contributed by atoms with van der Waals surface area (Å²) in [4.78, 5) is 42.4. The fourth-order valence-corrected chi connectivity index (χ4v) is 3.29. The largest absolute Gasteiger partial charge is 0.350 e. The number of nitrogens with one attached hydrogen (secondary N) is 2. The smallest absolute Gasteiger partial charge is 0.238 e. The summed E-state index contributed by atoms with van der Waals surface area (Å²) in [5, 5.41) is 5.80. The van der Waals surface area contributed by atoms with Crippen molar-refractivity contribution in [2.45, 2.75) is 33.2 Å². The number of rotatable bonds is 7. The highest BCUT2D eigenvalue weighted by atomic mass is 16.2. The standard InChI is InChI=1S/C22H35N5O3/c1-17-6-8-18(9-7-17)23-19(28)14-25(5)16-21(30)27-12-10-26(11-13-27)15-20(29)24-22(2,3)4/h6-9H,10-16H2,1-5H3,(H,23,28)(H,24,29). The van der Waals surface area contributed by atoms with E-state index in [0.717, 1.165) is 11.3 Å². The average Bonchev–Trinajstić information content (AvgIpc) is 2.62. The zero-order valence-electron chi connectivity index (χ0n) is 18.8. The topological polar surface area (TPSA) is 85.0 Å². The lowest BCUT2D eigenvalue weighted by Gasteiger charge is -2.35. The van der Waals surface area contributed by atoms with Crippen LogP contribution >= 0.6 is 0 Å². The number of likely N-dealkylation sites (N-methyl/N-ethyl adjacent to an activating group) is 1. The number of amides is 3. The molecule has 2 rings (SSSR count). The first kappa shape index (κ1) is 23.8. The van der Waals surface area contributed by atoms with Gasteiger partial charge in [-0.25, -0.2) is 0 Å². The van der Waals surface area contributed by atoms with Gasteiger partial charge in [0.1, 0.15) is 0 Å². The third-order valence-electron chi connectivity index (χ3n) is 4.76. The number of hydrogen-bond acceptors (Lipinski definition) is 5. The molecule has 0 spiro atoms. The number of nitrogens with zero attached hydrogens (tertiary/aromatic N) is 3. The van der Waals surface area contributed by atoms with Crippen molar-refractivity contribution in [2.75, 3.05) is 58.2 Å². The molecule has 0 aromatic heterocycles. The molecule has 3 amide bonds.